The Morgan fingerprint density at radius 3 is 2.75 bits per heavy atom. The van der Waals surface area contributed by atoms with Crippen LogP contribution in [0.4, 0.5) is 0 Å². The van der Waals surface area contributed by atoms with E-state index in [-0.39, 0.29) is 6.04 Å². The Hall–Kier alpha value is -0.590. The van der Waals surface area contributed by atoms with Crippen molar-refractivity contribution in [3.05, 3.63) is 12.7 Å². The number of rotatable bonds is 3. The topological polar surface area (TPSA) is 29.4 Å². The molecule has 0 aromatic heterocycles. The second kappa shape index (κ2) is 4.57. The van der Waals surface area contributed by atoms with E-state index in [0.29, 0.717) is 5.88 Å². The van der Waals surface area contributed by atoms with Gasteiger partial charge in [0.05, 0.1) is 6.04 Å². The van der Waals surface area contributed by atoms with Crippen LogP contribution in [0.5, 0.6) is 0 Å². The van der Waals surface area contributed by atoms with Crippen LogP contribution in [-0.2, 0) is 4.79 Å². The van der Waals surface area contributed by atoms with Gasteiger partial charge in [-0.3, -0.25) is 0 Å². The molecule has 0 N–H and O–H groups in total. The van der Waals surface area contributed by atoms with Crippen molar-refractivity contribution in [1.82, 2.24) is 0 Å². The molecule has 0 fully saturated rings. The van der Waals surface area contributed by atoms with Crippen molar-refractivity contribution in [2.45, 2.75) is 6.04 Å². The minimum atomic E-state index is -0.269. The van der Waals surface area contributed by atoms with Gasteiger partial charge in [-0.05, 0) is 0 Å². The van der Waals surface area contributed by atoms with Crippen LogP contribution in [0.2, 0.25) is 0 Å². The van der Waals surface area contributed by atoms with Crippen molar-refractivity contribution < 1.29 is 4.79 Å². The Labute approximate surface area is 52.9 Å². The lowest BCUT2D eigenvalue weighted by molar-refractivity contribution is 0.561. The normalized spacial score (nSPS) is 11.6. The first-order chi connectivity index (χ1) is 3.85. The maximum Gasteiger partial charge on any atom is 0.235 e. The fourth-order valence-corrected chi connectivity index (χ4v) is 0.413. The Morgan fingerprint density at radius 2 is 2.62 bits per heavy atom. The van der Waals surface area contributed by atoms with E-state index in [4.69, 9.17) is 11.6 Å². The fourth-order valence-electron chi connectivity index (χ4n) is 0.218. The molecule has 3 heteroatoms. The molecule has 0 aromatic carbocycles. The van der Waals surface area contributed by atoms with Crippen molar-refractivity contribution in [1.29, 1.82) is 0 Å². The average molecular weight is 132 g/mol. The van der Waals surface area contributed by atoms with Crippen LogP contribution in [0, 0.1) is 0 Å². The highest BCUT2D eigenvalue weighted by Gasteiger charge is 1.94. The van der Waals surface area contributed by atoms with Gasteiger partial charge >= 0.3 is 0 Å². The van der Waals surface area contributed by atoms with Crippen molar-refractivity contribution in [2.24, 2.45) is 4.99 Å². The molecule has 0 spiro atoms. The van der Waals surface area contributed by atoms with Gasteiger partial charge in [0.1, 0.15) is 0 Å². The number of alkyl halides is 1. The summed E-state index contributed by atoms with van der Waals surface area (Å²) < 4.78 is 0. The molecule has 0 saturated heterocycles. The molecule has 0 radical (unpaired) electrons. The number of halogens is 1. The average Bonchev–Trinajstić information content (AvgIpc) is 1.83. The smallest absolute Gasteiger partial charge is 0.211 e. The molecule has 44 valence electrons. The molecule has 0 rings (SSSR count). The van der Waals surface area contributed by atoms with Gasteiger partial charge < -0.3 is 0 Å². The summed E-state index contributed by atoms with van der Waals surface area (Å²) in [5.74, 6) is 0.290. The quantitative estimate of drug-likeness (QED) is 0.244. The van der Waals surface area contributed by atoms with Crippen LogP contribution in [0.15, 0.2) is 17.6 Å². The number of hydrogen-bond donors (Lipinski definition) is 0. The van der Waals surface area contributed by atoms with E-state index < -0.39 is 0 Å². The van der Waals surface area contributed by atoms with Gasteiger partial charge in [-0.1, -0.05) is 6.08 Å². The largest absolute Gasteiger partial charge is 0.235 e. The highest BCUT2D eigenvalue weighted by molar-refractivity contribution is 6.18. The molecule has 0 aliphatic carbocycles. The van der Waals surface area contributed by atoms with Gasteiger partial charge in [-0.2, -0.15) is 4.99 Å². The second-order valence-corrected chi connectivity index (χ2v) is 1.49. The summed E-state index contributed by atoms with van der Waals surface area (Å²) in [6.07, 6.45) is 2.89. The lowest BCUT2D eigenvalue weighted by Gasteiger charge is -1.92. The minimum Gasteiger partial charge on any atom is -0.211 e. The zero-order valence-electron chi connectivity index (χ0n) is 4.30. The van der Waals surface area contributed by atoms with E-state index in [1.54, 1.807) is 0 Å². The van der Waals surface area contributed by atoms with E-state index in [0.717, 1.165) is 0 Å². The third-order valence-electron chi connectivity index (χ3n) is 0.649. The fraction of sp³-hybridized carbons (Fsp3) is 0.400. The minimum absolute atomic E-state index is 0.269. The zero-order chi connectivity index (χ0) is 6.41. The lowest BCUT2D eigenvalue weighted by Crippen LogP contribution is -1.99. The van der Waals surface area contributed by atoms with Crippen LogP contribution in [-0.4, -0.2) is 18.0 Å². The lowest BCUT2D eigenvalue weighted by atomic mass is 10.4. The van der Waals surface area contributed by atoms with E-state index in [9.17, 15) is 4.79 Å². The van der Waals surface area contributed by atoms with Crippen molar-refractivity contribution >= 4 is 17.7 Å². The molecule has 2 nitrogen and oxygen atoms in total. The van der Waals surface area contributed by atoms with Gasteiger partial charge in [-0.25, -0.2) is 4.79 Å². The Morgan fingerprint density at radius 1 is 2.00 bits per heavy atom. The Balaban J connectivity index is 3.69. The molecule has 0 bridgehead atoms. The van der Waals surface area contributed by atoms with Gasteiger partial charge in [0.25, 0.3) is 0 Å². The summed E-state index contributed by atoms with van der Waals surface area (Å²) >= 11 is 5.30. The summed E-state index contributed by atoms with van der Waals surface area (Å²) in [6.45, 7) is 3.39. The first-order valence-electron chi connectivity index (χ1n) is 2.10. The summed E-state index contributed by atoms with van der Waals surface area (Å²) in [5.41, 5.74) is 0. The van der Waals surface area contributed by atoms with E-state index in [1.165, 1.54) is 12.2 Å². The summed E-state index contributed by atoms with van der Waals surface area (Å²) in [5, 5.41) is 0. The van der Waals surface area contributed by atoms with Crippen molar-refractivity contribution in [3.8, 4) is 0 Å². The predicted octanol–water partition coefficient (Wildman–Crippen LogP) is 1.12. The standard InChI is InChI=1S/C5H6ClNO/c1-2-5(3-6)7-4-8/h2,5H,1,3H2. The maximum atomic E-state index is 9.53. The molecule has 0 heterocycles. The van der Waals surface area contributed by atoms with E-state index in [2.05, 4.69) is 11.6 Å². The Kier molecular flexibility index (Phi) is 4.23. The summed E-state index contributed by atoms with van der Waals surface area (Å²) in [4.78, 5) is 12.8. The van der Waals surface area contributed by atoms with Crippen LogP contribution in [0.3, 0.4) is 0 Å². The highest BCUT2D eigenvalue weighted by Crippen LogP contribution is 1.92. The van der Waals surface area contributed by atoms with Gasteiger partial charge in [0.15, 0.2) is 0 Å². The maximum absolute atomic E-state index is 9.53. The summed E-state index contributed by atoms with van der Waals surface area (Å²) in [6, 6.07) is -0.269. The number of nitrogens with zero attached hydrogens (tertiary/aromatic N) is 1. The molecular weight excluding hydrogens is 126 g/mol. The second-order valence-electron chi connectivity index (χ2n) is 1.18. The van der Waals surface area contributed by atoms with Crippen molar-refractivity contribution in [3.63, 3.8) is 0 Å². The molecule has 0 saturated carbocycles. The summed E-state index contributed by atoms with van der Waals surface area (Å²) in [7, 11) is 0. The van der Waals surface area contributed by atoms with Crippen LogP contribution in [0.25, 0.3) is 0 Å². The molecular formula is C5H6ClNO. The molecule has 1 unspecified atom stereocenters. The van der Waals surface area contributed by atoms with Crippen LogP contribution in [0.1, 0.15) is 0 Å². The Bertz CT molecular complexity index is 118. The molecule has 0 amide bonds. The number of aliphatic imine (C=N–C) groups is 1. The van der Waals surface area contributed by atoms with Gasteiger partial charge in [0, 0.05) is 5.88 Å². The molecule has 1 atom stereocenters. The third-order valence-corrected chi connectivity index (χ3v) is 0.965. The van der Waals surface area contributed by atoms with Crippen LogP contribution >= 0.6 is 11.6 Å². The first-order valence-corrected chi connectivity index (χ1v) is 2.64. The SMILES string of the molecule is C=CC(CCl)N=C=O. The number of carbonyl (C=O) groups excluding carboxylic acids is 1. The van der Waals surface area contributed by atoms with E-state index >= 15 is 0 Å². The first kappa shape index (κ1) is 7.41. The van der Waals surface area contributed by atoms with Crippen molar-refractivity contribution in [2.75, 3.05) is 5.88 Å². The zero-order valence-corrected chi connectivity index (χ0v) is 5.06. The third kappa shape index (κ3) is 2.56. The molecule has 0 aliphatic rings. The monoisotopic (exact) mass is 131 g/mol. The molecule has 0 aliphatic heterocycles. The molecule has 0 aromatic rings. The van der Waals surface area contributed by atoms with E-state index in [1.807, 2.05) is 0 Å². The van der Waals surface area contributed by atoms with Gasteiger partial charge in [-0.15, -0.1) is 18.2 Å². The van der Waals surface area contributed by atoms with Gasteiger partial charge in [0.2, 0.25) is 6.08 Å². The number of hydrogen-bond acceptors (Lipinski definition) is 2. The van der Waals surface area contributed by atoms with Crippen LogP contribution < -0.4 is 0 Å². The molecule has 8 heavy (non-hydrogen) atoms. The highest BCUT2D eigenvalue weighted by atomic mass is 35.5. The predicted molar refractivity (Wildman–Crippen MR) is 32.8 cm³/mol. The number of isocyanates is 1.